The van der Waals surface area contributed by atoms with Gasteiger partial charge in [0.2, 0.25) is 0 Å². The second kappa shape index (κ2) is 8.30. The van der Waals surface area contributed by atoms with Gasteiger partial charge >= 0.3 is 0 Å². The van der Waals surface area contributed by atoms with Crippen LogP contribution in [0.3, 0.4) is 0 Å². The molecule has 0 unspecified atom stereocenters. The van der Waals surface area contributed by atoms with Crippen molar-refractivity contribution in [1.29, 1.82) is 0 Å². The minimum atomic E-state index is -0.833. The van der Waals surface area contributed by atoms with E-state index in [4.69, 9.17) is 9.90 Å². The number of rotatable bonds is 1. The van der Waals surface area contributed by atoms with Crippen LogP contribution in [0.5, 0.6) is 0 Å². The predicted octanol–water partition coefficient (Wildman–Crippen LogP) is 5.24. The smallest absolute Gasteiger partial charge is 0.300 e. The lowest BCUT2D eigenvalue weighted by Crippen LogP contribution is -2.51. The fourth-order valence-electron chi connectivity index (χ4n) is 7.23. The molecule has 3 fully saturated rings. The molecule has 28 heavy (non-hydrogen) atoms. The molecule has 0 spiro atoms. The van der Waals surface area contributed by atoms with E-state index in [0.717, 1.165) is 50.4 Å². The molecule has 0 aromatic carbocycles. The summed E-state index contributed by atoms with van der Waals surface area (Å²) in [6.45, 7) is 7.73. The molecule has 158 valence electrons. The maximum absolute atomic E-state index is 12.1. The molecule has 0 aromatic heterocycles. The normalized spacial score (nSPS) is 41.1. The number of hydrogen-bond acceptors (Lipinski definition) is 3. The third-order valence-electron chi connectivity index (χ3n) is 8.45. The first-order chi connectivity index (χ1) is 12.6. The summed E-state index contributed by atoms with van der Waals surface area (Å²) in [5, 5.41) is 7.42. The summed E-state index contributed by atoms with van der Waals surface area (Å²) >= 11 is 0. The third-order valence-corrected chi connectivity index (χ3v) is 8.45. The minimum absolute atomic E-state index is 0. The monoisotopic (exact) mass is 410 g/mol. The number of carboxylic acids is 1. The van der Waals surface area contributed by atoms with Gasteiger partial charge < -0.3 is 5.11 Å². The number of ketones is 2. The highest BCUT2D eigenvalue weighted by molar-refractivity contribution is 5.91. The molecular formula is C23H35ClO4. The van der Waals surface area contributed by atoms with Crippen molar-refractivity contribution in [2.45, 2.75) is 79.1 Å². The molecule has 4 aliphatic rings. The summed E-state index contributed by atoms with van der Waals surface area (Å²) < 4.78 is 0. The number of carbonyl (C=O) groups excluding carboxylic acids is 2. The topological polar surface area (TPSA) is 71.4 Å². The second-order valence-corrected chi connectivity index (χ2v) is 9.77. The molecule has 0 bridgehead atoms. The molecular weight excluding hydrogens is 376 g/mol. The van der Waals surface area contributed by atoms with Gasteiger partial charge in [-0.15, -0.1) is 12.4 Å². The average molecular weight is 411 g/mol. The Morgan fingerprint density at radius 1 is 1.00 bits per heavy atom. The van der Waals surface area contributed by atoms with Crippen molar-refractivity contribution in [3.8, 4) is 0 Å². The SMILES string of the molecule is CC(=O)O.CC(=O)[C@H]1CC[C@H]2[C@@H]3CCC4=CC(=O)CC[C@]4(C)[C@H]3CC[C@]12C.Cl. The maximum Gasteiger partial charge on any atom is 0.300 e. The summed E-state index contributed by atoms with van der Waals surface area (Å²) in [7, 11) is 0. The zero-order valence-electron chi connectivity index (χ0n) is 17.6. The van der Waals surface area contributed by atoms with Gasteiger partial charge in [-0.25, -0.2) is 0 Å². The summed E-state index contributed by atoms with van der Waals surface area (Å²) in [4.78, 5) is 33.0. The molecule has 0 saturated heterocycles. The largest absolute Gasteiger partial charge is 0.481 e. The quantitative estimate of drug-likeness (QED) is 0.641. The van der Waals surface area contributed by atoms with Gasteiger partial charge in [0, 0.05) is 19.3 Å². The Morgan fingerprint density at radius 3 is 2.25 bits per heavy atom. The highest BCUT2D eigenvalue weighted by Gasteiger charge is 2.59. The minimum Gasteiger partial charge on any atom is -0.481 e. The Bertz CT molecular complexity index is 680. The van der Waals surface area contributed by atoms with E-state index >= 15 is 0 Å². The summed E-state index contributed by atoms with van der Waals surface area (Å²) in [6.07, 6.45) is 10.9. The van der Waals surface area contributed by atoms with Crippen molar-refractivity contribution in [3.05, 3.63) is 11.6 Å². The van der Waals surface area contributed by atoms with E-state index in [1.165, 1.54) is 31.3 Å². The Kier molecular flexibility index (Phi) is 6.85. The number of allylic oxidation sites excluding steroid dienone is 1. The van der Waals surface area contributed by atoms with Crippen molar-refractivity contribution >= 4 is 29.9 Å². The zero-order chi connectivity index (χ0) is 20.0. The number of Topliss-reactive ketones (excluding diaryl/α,β-unsaturated/α-hetero) is 1. The van der Waals surface area contributed by atoms with Crippen LogP contribution in [-0.4, -0.2) is 22.6 Å². The van der Waals surface area contributed by atoms with E-state index in [1.807, 2.05) is 6.08 Å². The van der Waals surface area contributed by atoms with Gasteiger partial charge in [0.25, 0.3) is 5.97 Å². The lowest BCUT2D eigenvalue weighted by atomic mass is 9.47. The van der Waals surface area contributed by atoms with Crippen molar-refractivity contribution in [2.24, 2.45) is 34.5 Å². The van der Waals surface area contributed by atoms with E-state index in [2.05, 4.69) is 13.8 Å². The summed E-state index contributed by atoms with van der Waals surface area (Å²) in [5.74, 6) is 2.46. The van der Waals surface area contributed by atoms with Gasteiger partial charge in [-0.05, 0) is 86.5 Å². The van der Waals surface area contributed by atoms with Crippen LogP contribution in [-0.2, 0) is 14.4 Å². The lowest BCUT2D eigenvalue weighted by molar-refractivity contribution is -0.134. The van der Waals surface area contributed by atoms with Gasteiger partial charge in [0.15, 0.2) is 5.78 Å². The van der Waals surface area contributed by atoms with Crippen LogP contribution in [0.1, 0.15) is 79.1 Å². The highest BCUT2D eigenvalue weighted by Crippen LogP contribution is 2.66. The van der Waals surface area contributed by atoms with Crippen molar-refractivity contribution in [2.75, 3.05) is 0 Å². The van der Waals surface area contributed by atoms with Crippen molar-refractivity contribution in [3.63, 3.8) is 0 Å². The maximum atomic E-state index is 12.1. The molecule has 4 rings (SSSR count). The number of carboxylic acid groups (broad SMARTS) is 1. The Hall–Kier alpha value is -1.16. The molecule has 6 atom stereocenters. The van der Waals surface area contributed by atoms with Crippen LogP contribution < -0.4 is 0 Å². The summed E-state index contributed by atoms with van der Waals surface area (Å²) in [5.41, 5.74) is 1.95. The molecule has 3 saturated carbocycles. The molecule has 0 aromatic rings. The van der Waals surface area contributed by atoms with Crippen LogP contribution in [0.4, 0.5) is 0 Å². The van der Waals surface area contributed by atoms with E-state index in [9.17, 15) is 9.59 Å². The molecule has 4 nitrogen and oxygen atoms in total. The van der Waals surface area contributed by atoms with Crippen LogP contribution >= 0.6 is 12.4 Å². The molecule has 0 aliphatic heterocycles. The van der Waals surface area contributed by atoms with E-state index in [0.29, 0.717) is 17.5 Å². The Morgan fingerprint density at radius 2 is 1.64 bits per heavy atom. The number of fused-ring (bicyclic) bond motifs is 5. The average Bonchev–Trinajstić information content (AvgIpc) is 2.92. The Balaban J connectivity index is 0.000000515. The number of hydrogen-bond donors (Lipinski definition) is 1. The van der Waals surface area contributed by atoms with Crippen LogP contribution in [0.15, 0.2) is 11.6 Å². The lowest BCUT2D eigenvalue weighted by Gasteiger charge is -2.58. The van der Waals surface area contributed by atoms with Gasteiger partial charge in [-0.2, -0.15) is 0 Å². The van der Waals surface area contributed by atoms with Gasteiger partial charge in [0.1, 0.15) is 5.78 Å². The third kappa shape index (κ3) is 3.81. The predicted molar refractivity (Wildman–Crippen MR) is 111 cm³/mol. The van der Waals surface area contributed by atoms with E-state index in [1.54, 1.807) is 6.92 Å². The molecule has 4 aliphatic carbocycles. The van der Waals surface area contributed by atoms with Crippen LogP contribution in [0, 0.1) is 34.5 Å². The fraction of sp³-hybridized carbons (Fsp3) is 0.783. The van der Waals surface area contributed by atoms with Crippen LogP contribution in [0.2, 0.25) is 0 Å². The first-order valence-electron chi connectivity index (χ1n) is 10.5. The van der Waals surface area contributed by atoms with Crippen molar-refractivity contribution in [1.82, 2.24) is 0 Å². The molecule has 0 radical (unpaired) electrons. The van der Waals surface area contributed by atoms with Gasteiger partial charge in [0.05, 0.1) is 0 Å². The van der Waals surface area contributed by atoms with Crippen LogP contribution in [0.25, 0.3) is 0 Å². The van der Waals surface area contributed by atoms with Gasteiger partial charge in [-0.1, -0.05) is 19.4 Å². The molecule has 0 amide bonds. The molecule has 5 heteroatoms. The molecule has 1 N–H and O–H groups in total. The zero-order valence-corrected chi connectivity index (χ0v) is 18.4. The van der Waals surface area contributed by atoms with Crippen molar-refractivity contribution < 1.29 is 19.5 Å². The number of halogens is 1. The Labute approximate surface area is 174 Å². The summed E-state index contributed by atoms with van der Waals surface area (Å²) in [6, 6.07) is 0. The number of carbonyl (C=O) groups is 3. The number of aliphatic carboxylic acids is 1. The standard InChI is InChI=1S/C21H30O2.C2H4O2.ClH/c1-13(22)17-6-7-18-16-5-4-14-12-15(23)8-10-20(14,2)19(16)9-11-21(17,18)3;1-2(3)4;/h12,16-19H,4-11H2,1-3H3;1H3,(H,3,4);1H/t16-,17+,18-,19-,20-,21+;;/m0../s1. The van der Waals surface area contributed by atoms with E-state index < -0.39 is 5.97 Å². The second-order valence-electron chi connectivity index (χ2n) is 9.77. The fourth-order valence-corrected chi connectivity index (χ4v) is 7.23. The highest BCUT2D eigenvalue weighted by atomic mass is 35.5. The first-order valence-corrected chi connectivity index (χ1v) is 10.5. The van der Waals surface area contributed by atoms with Gasteiger partial charge in [-0.3, -0.25) is 14.4 Å². The van der Waals surface area contributed by atoms with E-state index in [-0.39, 0.29) is 23.2 Å². The first kappa shape index (κ1) is 23.1. The molecule has 0 heterocycles.